The number of thiophene rings is 1. The normalized spacial score (nSPS) is 15.1. The zero-order valence-corrected chi connectivity index (χ0v) is 24.3. The molecule has 200 valence electrons. The molecule has 0 aliphatic carbocycles. The van der Waals surface area contributed by atoms with Gasteiger partial charge in [-0.15, -0.1) is 11.3 Å². The summed E-state index contributed by atoms with van der Waals surface area (Å²) in [5.41, 5.74) is 1.04. The minimum Gasteiger partial charge on any atom is -0.490 e. The van der Waals surface area contributed by atoms with Crippen molar-refractivity contribution in [2.45, 2.75) is 26.8 Å². The van der Waals surface area contributed by atoms with Crippen LogP contribution in [0.5, 0.6) is 11.5 Å². The first-order valence-corrected chi connectivity index (χ1v) is 14.2. The van der Waals surface area contributed by atoms with Crippen LogP contribution in [0.25, 0.3) is 6.08 Å². The lowest BCUT2D eigenvalue weighted by Crippen LogP contribution is -2.40. The number of hydrogen-bond donors (Lipinski definition) is 0. The van der Waals surface area contributed by atoms with Gasteiger partial charge in [0.2, 0.25) is 0 Å². The molecule has 3 heterocycles. The minimum absolute atomic E-state index is 0.170. The van der Waals surface area contributed by atoms with E-state index in [-0.39, 0.29) is 24.3 Å². The van der Waals surface area contributed by atoms with E-state index in [1.807, 2.05) is 24.4 Å². The molecule has 9 nitrogen and oxygen atoms in total. The van der Waals surface area contributed by atoms with Crippen LogP contribution in [0, 0.1) is 0 Å². The third-order valence-electron chi connectivity index (χ3n) is 5.58. The molecular formula is C26H25BrN2O7S2. The highest BCUT2D eigenvalue weighted by atomic mass is 79.9. The SMILES string of the molecule is CCOC(=O)C1=C(C)N=c2s/c(=C\c3sccc3Br)c(=O)n2[C@H]1c1ccc(OCC(=O)OC)c(OCC)c1. The first kappa shape index (κ1) is 27.8. The summed E-state index contributed by atoms with van der Waals surface area (Å²) in [6, 6.07) is 6.17. The van der Waals surface area contributed by atoms with Crippen molar-refractivity contribution < 1.29 is 28.5 Å². The first-order valence-electron chi connectivity index (χ1n) is 11.7. The molecule has 0 saturated carbocycles. The van der Waals surface area contributed by atoms with Crippen LogP contribution in [0.1, 0.15) is 37.3 Å². The number of thiazole rings is 1. The van der Waals surface area contributed by atoms with Gasteiger partial charge in [-0.3, -0.25) is 9.36 Å². The van der Waals surface area contributed by atoms with E-state index in [9.17, 15) is 14.4 Å². The van der Waals surface area contributed by atoms with Gasteiger partial charge in [0.05, 0.1) is 42.2 Å². The smallest absolute Gasteiger partial charge is 0.343 e. The lowest BCUT2D eigenvalue weighted by molar-refractivity contribution is -0.143. The van der Waals surface area contributed by atoms with Crippen molar-refractivity contribution in [3.05, 3.63) is 75.5 Å². The number of halogens is 1. The van der Waals surface area contributed by atoms with E-state index in [0.29, 0.717) is 38.7 Å². The van der Waals surface area contributed by atoms with Gasteiger partial charge in [-0.25, -0.2) is 14.6 Å². The second-order valence-electron chi connectivity index (χ2n) is 7.94. The molecule has 0 bridgehead atoms. The molecule has 1 aliphatic heterocycles. The van der Waals surface area contributed by atoms with E-state index in [1.165, 1.54) is 34.4 Å². The van der Waals surface area contributed by atoms with Gasteiger partial charge < -0.3 is 18.9 Å². The lowest BCUT2D eigenvalue weighted by Gasteiger charge is -2.25. The second kappa shape index (κ2) is 12.1. The maximum atomic E-state index is 13.7. The number of methoxy groups -OCH3 is 1. The number of nitrogens with zero attached hydrogens (tertiary/aromatic N) is 2. The third-order valence-corrected chi connectivity index (χ3v) is 8.38. The van der Waals surface area contributed by atoms with Crippen LogP contribution in [-0.2, 0) is 19.1 Å². The Hall–Kier alpha value is -3.22. The van der Waals surface area contributed by atoms with E-state index in [1.54, 1.807) is 32.0 Å². The number of carbonyl (C=O) groups is 2. The summed E-state index contributed by atoms with van der Waals surface area (Å²) in [6.45, 7) is 5.47. The predicted octanol–water partition coefficient (Wildman–Crippen LogP) is 3.57. The van der Waals surface area contributed by atoms with Crippen molar-refractivity contribution in [2.24, 2.45) is 4.99 Å². The van der Waals surface area contributed by atoms with Gasteiger partial charge in [0.1, 0.15) is 0 Å². The van der Waals surface area contributed by atoms with Crippen molar-refractivity contribution in [2.75, 3.05) is 26.9 Å². The predicted molar refractivity (Wildman–Crippen MR) is 148 cm³/mol. The summed E-state index contributed by atoms with van der Waals surface area (Å²) in [4.78, 5) is 44.4. The molecule has 38 heavy (non-hydrogen) atoms. The number of fused-ring (bicyclic) bond motifs is 1. The average molecular weight is 622 g/mol. The number of hydrogen-bond acceptors (Lipinski definition) is 10. The number of esters is 2. The summed E-state index contributed by atoms with van der Waals surface area (Å²) in [7, 11) is 1.27. The summed E-state index contributed by atoms with van der Waals surface area (Å²) in [5, 5.41) is 1.93. The number of carbonyl (C=O) groups excluding carboxylic acids is 2. The molecule has 0 saturated heterocycles. The van der Waals surface area contributed by atoms with Crippen molar-refractivity contribution in [3.63, 3.8) is 0 Å². The molecular weight excluding hydrogens is 596 g/mol. The highest BCUT2D eigenvalue weighted by molar-refractivity contribution is 9.10. The Labute approximate surface area is 234 Å². The zero-order chi connectivity index (χ0) is 27.4. The molecule has 4 rings (SSSR count). The van der Waals surface area contributed by atoms with Crippen molar-refractivity contribution in [1.82, 2.24) is 4.57 Å². The Morgan fingerprint density at radius 3 is 2.61 bits per heavy atom. The largest absolute Gasteiger partial charge is 0.490 e. The first-order chi connectivity index (χ1) is 18.3. The molecule has 3 aromatic rings. The molecule has 0 radical (unpaired) electrons. The maximum Gasteiger partial charge on any atom is 0.343 e. The van der Waals surface area contributed by atoms with Crippen molar-refractivity contribution in [3.8, 4) is 11.5 Å². The fourth-order valence-corrected chi connectivity index (χ4v) is 6.43. The Morgan fingerprint density at radius 2 is 1.95 bits per heavy atom. The number of benzene rings is 1. The molecule has 1 aliphatic rings. The summed E-state index contributed by atoms with van der Waals surface area (Å²) in [6.07, 6.45) is 1.81. The van der Waals surface area contributed by atoms with Crippen LogP contribution < -0.4 is 24.4 Å². The van der Waals surface area contributed by atoms with Gasteiger partial charge in [0.15, 0.2) is 22.9 Å². The van der Waals surface area contributed by atoms with Crippen LogP contribution in [0.3, 0.4) is 0 Å². The summed E-state index contributed by atoms with van der Waals surface area (Å²) >= 11 is 6.26. The highest BCUT2D eigenvalue weighted by Crippen LogP contribution is 2.36. The number of rotatable bonds is 9. The van der Waals surface area contributed by atoms with Crippen molar-refractivity contribution >= 4 is 56.6 Å². The van der Waals surface area contributed by atoms with Gasteiger partial charge in [-0.2, -0.15) is 0 Å². The van der Waals surface area contributed by atoms with Crippen LogP contribution >= 0.6 is 38.6 Å². The van der Waals surface area contributed by atoms with E-state index in [4.69, 9.17) is 14.2 Å². The quantitative estimate of drug-likeness (QED) is 0.337. The molecule has 0 fully saturated rings. The maximum absolute atomic E-state index is 13.7. The number of aromatic nitrogens is 1. The molecule has 1 atom stereocenters. The second-order valence-corrected chi connectivity index (χ2v) is 10.8. The standard InChI is InChI=1S/C26H25BrN2O7S2/c1-5-34-18-11-15(7-8-17(18)36-13-21(30)33-4)23-22(25(32)35-6-2)14(3)28-26-29(23)24(31)20(38-26)12-19-16(27)9-10-37-19/h7-12,23H,5-6,13H2,1-4H3/b20-12-/t23-/m0/s1. The minimum atomic E-state index is -0.812. The van der Waals surface area contributed by atoms with E-state index in [0.717, 1.165) is 9.35 Å². The molecule has 0 spiro atoms. The zero-order valence-electron chi connectivity index (χ0n) is 21.1. The van der Waals surface area contributed by atoms with Crippen LogP contribution in [0.4, 0.5) is 0 Å². The van der Waals surface area contributed by atoms with Gasteiger partial charge in [0, 0.05) is 9.35 Å². The Bertz CT molecular complexity index is 1590. The van der Waals surface area contributed by atoms with E-state index >= 15 is 0 Å². The molecule has 0 unspecified atom stereocenters. The summed E-state index contributed by atoms with van der Waals surface area (Å²) < 4.78 is 24.3. The topological polar surface area (TPSA) is 105 Å². The van der Waals surface area contributed by atoms with Crippen LogP contribution in [0.15, 0.2) is 55.2 Å². The van der Waals surface area contributed by atoms with Gasteiger partial charge in [-0.1, -0.05) is 17.4 Å². The Morgan fingerprint density at radius 1 is 1.16 bits per heavy atom. The average Bonchev–Trinajstić information content (AvgIpc) is 3.44. The van der Waals surface area contributed by atoms with E-state index in [2.05, 4.69) is 25.7 Å². The molecule has 12 heteroatoms. The Kier molecular flexibility index (Phi) is 8.85. The number of allylic oxidation sites excluding steroid dienone is 1. The van der Waals surface area contributed by atoms with Gasteiger partial charge in [0.25, 0.3) is 5.56 Å². The van der Waals surface area contributed by atoms with Gasteiger partial charge >= 0.3 is 11.9 Å². The third kappa shape index (κ3) is 5.62. The van der Waals surface area contributed by atoms with Crippen molar-refractivity contribution in [1.29, 1.82) is 0 Å². The molecule has 1 aromatic carbocycles. The summed E-state index contributed by atoms with van der Waals surface area (Å²) in [5.74, 6) is -0.409. The monoisotopic (exact) mass is 620 g/mol. The Balaban J connectivity index is 1.90. The van der Waals surface area contributed by atoms with E-state index < -0.39 is 18.0 Å². The van der Waals surface area contributed by atoms with Crippen LogP contribution in [0.2, 0.25) is 0 Å². The molecule has 0 amide bonds. The van der Waals surface area contributed by atoms with Gasteiger partial charge in [-0.05, 0) is 71.9 Å². The molecule has 0 N–H and O–H groups in total. The van der Waals surface area contributed by atoms with Crippen LogP contribution in [-0.4, -0.2) is 43.4 Å². The fraction of sp³-hybridized carbons (Fsp3) is 0.308. The fourth-order valence-electron chi connectivity index (χ4n) is 3.91. The molecule has 2 aromatic heterocycles. The number of ether oxygens (including phenoxy) is 4. The highest BCUT2D eigenvalue weighted by Gasteiger charge is 2.34. The lowest BCUT2D eigenvalue weighted by atomic mass is 9.95.